The van der Waals surface area contributed by atoms with E-state index in [2.05, 4.69) is 5.32 Å². The van der Waals surface area contributed by atoms with E-state index in [0.717, 1.165) is 10.5 Å². The molecule has 236 valence electrons. The highest BCUT2D eigenvalue weighted by Crippen LogP contribution is 2.41. The maximum atomic E-state index is 14.4. The van der Waals surface area contributed by atoms with Crippen molar-refractivity contribution < 1.29 is 38.1 Å². The van der Waals surface area contributed by atoms with Crippen molar-refractivity contribution in [1.82, 2.24) is 4.90 Å². The molecule has 1 atom stereocenters. The Bertz CT molecular complexity index is 1730. The van der Waals surface area contributed by atoms with Crippen LogP contribution in [0, 0.1) is 0 Å². The van der Waals surface area contributed by atoms with E-state index in [1.807, 2.05) is 30.3 Å². The minimum Gasteiger partial charge on any atom is -0.497 e. The molecule has 0 spiro atoms. The van der Waals surface area contributed by atoms with Gasteiger partial charge in [0.25, 0.3) is 17.6 Å². The van der Waals surface area contributed by atoms with E-state index >= 15 is 0 Å². The number of fused-ring (bicyclic) bond motifs is 1. The average Bonchev–Trinajstić information content (AvgIpc) is 3.32. The highest BCUT2D eigenvalue weighted by molar-refractivity contribution is 6.52. The summed E-state index contributed by atoms with van der Waals surface area (Å²) in [5.74, 6) is -1.18. The van der Waals surface area contributed by atoms with E-state index in [9.17, 15) is 19.2 Å². The van der Waals surface area contributed by atoms with Crippen molar-refractivity contribution in [2.75, 3.05) is 45.2 Å². The largest absolute Gasteiger partial charge is 0.497 e. The van der Waals surface area contributed by atoms with Crippen LogP contribution in [-0.2, 0) is 20.9 Å². The van der Waals surface area contributed by atoms with E-state index in [-0.39, 0.29) is 23.6 Å². The lowest BCUT2D eigenvalue weighted by Crippen LogP contribution is -2.46. The van der Waals surface area contributed by atoms with Crippen LogP contribution in [0.5, 0.6) is 23.0 Å². The molecule has 3 amide bonds. The van der Waals surface area contributed by atoms with Gasteiger partial charge in [0.15, 0.2) is 11.5 Å². The quantitative estimate of drug-likeness (QED) is 0.226. The highest BCUT2D eigenvalue weighted by atomic mass is 16.5. The Balaban J connectivity index is 1.62. The zero-order valence-corrected chi connectivity index (χ0v) is 25.8. The first-order valence-corrected chi connectivity index (χ1v) is 14.3. The Kier molecular flexibility index (Phi) is 9.51. The monoisotopic (exact) mass is 623 g/mol. The third-order valence-electron chi connectivity index (χ3n) is 7.61. The number of amides is 3. The molecule has 4 aromatic rings. The van der Waals surface area contributed by atoms with Crippen LogP contribution in [-0.4, -0.2) is 63.4 Å². The number of hydrogen-bond donors (Lipinski definition) is 1. The summed E-state index contributed by atoms with van der Waals surface area (Å²) < 4.78 is 21.9. The van der Waals surface area contributed by atoms with Gasteiger partial charge in [0, 0.05) is 12.2 Å². The minimum absolute atomic E-state index is 0.00530. The number of rotatable bonds is 12. The van der Waals surface area contributed by atoms with Crippen molar-refractivity contribution in [1.29, 1.82) is 0 Å². The third kappa shape index (κ3) is 6.34. The molecule has 0 saturated heterocycles. The Hall–Kier alpha value is -5.84. The van der Waals surface area contributed by atoms with Gasteiger partial charge in [0.2, 0.25) is 11.7 Å². The molecule has 0 aliphatic carbocycles. The molecule has 5 rings (SSSR count). The van der Waals surface area contributed by atoms with Gasteiger partial charge in [-0.05, 0) is 59.7 Å². The second kappa shape index (κ2) is 13.9. The van der Waals surface area contributed by atoms with Gasteiger partial charge in [-0.3, -0.25) is 24.1 Å². The summed E-state index contributed by atoms with van der Waals surface area (Å²) in [4.78, 5) is 57.0. The van der Waals surface area contributed by atoms with Crippen LogP contribution in [0.25, 0.3) is 0 Å². The van der Waals surface area contributed by atoms with E-state index in [1.165, 1.54) is 33.3 Å². The molecule has 1 N–H and O–H groups in total. The fourth-order valence-electron chi connectivity index (χ4n) is 5.35. The fourth-order valence-corrected chi connectivity index (χ4v) is 5.35. The van der Waals surface area contributed by atoms with Crippen molar-refractivity contribution in [2.24, 2.45) is 0 Å². The number of methoxy groups -OCH3 is 4. The molecule has 0 bridgehead atoms. The van der Waals surface area contributed by atoms with Crippen LogP contribution in [0.1, 0.15) is 27.5 Å². The predicted octanol–water partition coefficient (Wildman–Crippen LogP) is 4.66. The first-order chi connectivity index (χ1) is 22.3. The molecule has 11 nitrogen and oxygen atoms in total. The van der Waals surface area contributed by atoms with E-state index in [1.54, 1.807) is 60.7 Å². The minimum atomic E-state index is -1.26. The lowest BCUT2D eigenvalue weighted by molar-refractivity contribution is -0.139. The summed E-state index contributed by atoms with van der Waals surface area (Å²) in [6.45, 7) is -0.486. The van der Waals surface area contributed by atoms with E-state index in [0.29, 0.717) is 28.4 Å². The van der Waals surface area contributed by atoms with Crippen LogP contribution >= 0.6 is 0 Å². The molecule has 1 aliphatic rings. The number of nitrogens with one attached hydrogen (secondary N) is 1. The summed E-state index contributed by atoms with van der Waals surface area (Å²) in [5.41, 5.74) is 2.10. The summed E-state index contributed by atoms with van der Waals surface area (Å²) in [6, 6.07) is 24.3. The van der Waals surface area contributed by atoms with Gasteiger partial charge in [-0.25, -0.2) is 0 Å². The van der Waals surface area contributed by atoms with Gasteiger partial charge in [-0.15, -0.1) is 0 Å². The fraction of sp³-hybridized carbons (Fsp3) is 0.200. The van der Waals surface area contributed by atoms with E-state index in [4.69, 9.17) is 18.9 Å². The normalized spacial score (nSPS) is 12.7. The topological polar surface area (TPSA) is 124 Å². The number of Topliss-reactive ketones (excluding diaryl/α,β-unsaturated/α-hetero) is 1. The van der Waals surface area contributed by atoms with Gasteiger partial charge in [-0.1, -0.05) is 42.5 Å². The van der Waals surface area contributed by atoms with Crippen molar-refractivity contribution >= 4 is 34.9 Å². The first kappa shape index (κ1) is 31.6. The summed E-state index contributed by atoms with van der Waals surface area (Å²) in [5, 5.41) is 2.91. The second-order valence-electron chi connectivity index (χ2n) is 10.3. The Labute approximate surface area is 266 Å². The smallest absolute Gasteiger partial charge is 0.299 e. The number of nitrogens with zero attached hydrogens (tertiary/aromatic N) is 2. The van der Waals surface area contributed by atoms with Crippen LogP contribution in [0.15, 0.2) is 91.0 Å². The number of hydrogen-bond acceptors (Lipinski definition) is 8. The van der Waals surface area contributed by atoms with E-state index < -0.39 is 36.1 Å². The molecule has 1 unspecified atom stereocenters. The molecule has 0 saturated carbocycles. The number of ether oxygens (including phenoxy) is 4. The van der Waals surface area contributed by atoms with Gasteiger partial charge in [0.1, 0.15) is 18.3 Å². The van der Waals surface area contributed by atoms with Crippen molar-refractivity contribution in [2.45, 2.75) is 12.6 Å². The summed E-state index contributed by atoms with van der Waals surface area (Å²) >= 11 is 0. The van der Waals surface area contributed by atoms with Gasteiger partial charge in [0.05, 0.1) is 39.7 Å². The van der Waals surface area contributed by atoms with Crippen molar-refractivity contribution in [3.8, 4) is 23.0 Å². The van der Waals surface area contributed by atoms with Crippen LogP contribution in [0.2, 0.25) is 0 Å². The zero-order chi connectivity index (χ0) is 32.8. The average molecular weight is 624 g/mol. The van der Waals surface area contributed by atoms with Crippen LogP contribution < -0.4 is 29.2 Å². The van der Waals surface area contributed by atoms with Crippen LogP contribution in [0.3, 0.4) is 0 Å². The Morgan fingerprint density at radius 2 is 1.41 bits per heavy atom. The highest BCUT2D eigenvalue weighted by Gasteiger charge is 2.40. The molecule has 11 heteroatoms. The zero-order valence-electron chi connectivity index (χ0n) is 25.8. The molecule has 1 heterocycles. The third-order valence-corrected chi connectivity index (χ3v) is 7.61. The summed E-state index contributed by atoms with van der Waals surface area (Å²) in [6.07, 6.45) is 0. The number of carbonyl (C=O) groups excluding carboxylic acids is 4. The molecule has 0 radical (unpaired) electrons. The molecule has 1 aliphatic heterocycles. The van der Waals surface area contributed by atoms with Gasteiger partial charge >= 0.3 is 0 Å². The standard InChI is InChI=1S/C35H33N3O8/c1-43-25-16-14-24(15-17-25)36-34(41)31(23-18-28(44-2)33(46-4)29(19-23)45-3)38(20-22-10-6-5-7-11-22)30(39)21-37-27-13-9-8-12-26(27)32(40)35(37)42/h5-19,31H,20-21H2,1-4H3,(H,36,41). The molecule has 0 aromatic heterocycles. The number of anilines is 2. The number of carbonyl (C=O) groups is 4. The second-order valence-corrected chi connectivity index (χ2v) is 10.3. The van der Waals surface area contributed by atoms with Crippen LogP contribution in [0.4, 0.5) is 11.4 Å². The maximum absolute atomic E-state index is 14.4. The Morgan fingerprint density at radius 3 is 2.02 bits per heavy atom. The van der Waals surface area contributed by atoms with Crippen molar-refractivity contribution in [3.05, 3.63) is 108 Å². The van der Waals surface area contributed by atoms with Crippen molar-refractivity contribution in [3.63, 3.8) is 0 Å². The van der Waals surface area contributed by atoms with Gasteiger partial charge in [-0.2, -0.15) is 0 Å². The molecule has 46 heavy (non-hydrogen) atoms. The molecule has 4 aromatic carbocycles. The number of ketones is 1. The SMILES string of the molecule is COc1ccc(NC(=O)C(c2cc(OC)c(OC)c(OC)c2)N(Cc2ccccc2)C(=O)CN2C(=O)C(=O)c3ccccc32)cc1. The molecular formula is C35H33N3O8. The molecule has 0 fully saturated rings. The number of benzene rings is 4. The lowest BCUT2D eigenvalue weighted by atomic mass is 10.0. The summed E-state index contributed by atoms with van der Waals surface area (Å²) in [7, 11) is 5.91. The lowest BCUT2D eigenvalue weighted by Gasteiger charge is -2.33. The number of para-hydroxylation sites is 1. The maximum Gasteiger partial charge on any atom is 0.299 e. The molecular weight excluding hydrogens is 590 g/mol. The Morgan fingerprint density at radius 1 is 0.783 bits per heavy atom. The predicted molar refractivity (Wildman–Crippen MR) is 171 cm³/mol. The first-order valence-electron chi connectivity index (χ1n) is 14.3. The van der Waals surface area contributed by atoms with Gasteiger partial charge < -0.3 is 29.2 Å².